The molecule has 0 aliphatic carbocycles. The van der Waals surface area contributed by atoms with Gasteiger partial charge in [0, 0.05) is 18.5 Å². The molecule has 1 unspecified atom stereocenters. The van der Waals surface area contributed by atoms with Crippen LogP contribution in [0.3, 0.4) is 0 Å². The fraction of sp³-hybridized carbons (Fsp3) is 0.778. The lowest BCUT2D eigenvalue weighted by Gasteiger charge is -2.23. The number of nitrogens with one attached hydrogen (secondary N) is 1. The van der Waals surface area contributed by atoms with E-state index in [2.05, 4.69) is 5.43 Å². The predicted octanol–water partition coefficient (Wildman–Crippen LogP) is 0.367. The number of amides is 1. The third-order valence-corrected chi connectivity index (χ3v) is 2.58. The van der Waals surface area contributed by atoms with Crippen molar-refractivity contribution in [2.75, 3.05) is 6.54 Å². The number of carboxylic acid groups (broad SMARTS) is 1. The number of carbonyl (C=O) groups excluding carboxylic acids is 1. The van der Waals surface area contributed by atoms with Gasteiger partial charge in [-0.3, -0.25) is 14.6 Å². The quantitative estimate of drug-likeness (QED) is 0.687. The number of hydrogen-bond donors (Lipinski definition) is 2. The van der Waals surface area contributed by atoms with E-state index in [-0.39, 0.29) is 24.4 Å². The van der Waals surface area contributed by atoms with E-state index in [0.717, 1.165) is 6.42 Å². The molecule has 1 amide bonds. The summed E-state index contributed by atoms with van der Waals surface area (Å²) in [6, 6.07) is 0. The van der Waals surface area contributed by atoms with Crippen LogP contribution in [0.5, 0.6) is 0 Å². The lowest BCUT2D eigenvalue weighted by atomic mass is 9.97. The molecule has 1 aliphatic heterocycles. The van der Waals surface area contributed by atoms with Crippen LogP contribution in [0.25, 0.3) is 0 Å². The van der Waals surface area contributed by atoms with Gasteiger partial charge < -0.3 is 5.11 Å². The van der Waals surface area contributed by atoms with Gasteiger partial charge in [-0.25, -0.2) is 5.43 Å². The zero-order valence-corrected chi connectivity index (χ0v) is 8.54. The van der Waals surface area contributed by atoms with Crippen LogP contribution in [-0.2, 0) is 9.59 Å². The Bertz CT molecular complexity index is 254. The lowest BCUT2D eigenvalue weighted by Crippen LogP contribution is -2.44. The lowest BCUT2D eigenvalue weighted by molar-refractivity contribution is -0.138. The van der Waals surface area contributed by atoms with E-state index in [1.807, 2.05) is 13.8 Å². The minimum Gasteiger partial charge on any atom is -0.481 e. The van der Waals surface area contributed by atoms with Gasteiger partial charge in [0.15, 0.2) is 0 Å². The molecule has 1 atom stereocenters. The minimum atomic E-state index is -0.885. The van der Waals surface area contributed by atoms with Crippen LogP contribution in [-0.4, -0.2) is 34.1 Å². The molecular formula is C9H16N2O3. The fourth-order valence-electron chi connectivity index (χ4n) is 1.45. The normalized spacial score (nSPS) is 27.0. The molecule has 80 valence electrons. The van der Waals surface area contributed by atoms with Gasteiger partial charge in [0.1, 0.15) is 0 Å². The molecular weight excluding hydrogens is 184 g/mol. The Hall–Kier alpha value is -1.10. The summed E-state index contributed by atoms with van der Waals surface area (Å²) in [4.78, 5) is 21.8. The van der Waals surface area contributed by atoms with Crippen molar-refractivity contribution in [3.8, 4) is 0 Å². The number of hydrogen-bond acceptors (Lipinski definition) is 3. The van der Waals surface area contributed by atoms with Gasteiger partial charge in [0.2, 0.25) is 5.91 Å². The van der Waals surface area contributed by atoms with E-state index in [1.54, 1.807) is 0 Å². The molecule has 0 radical (unpaired) electrons. The molecule has 0 aromatic heterocycles. The molecule has 5 nitrogen and oxygen atoms in total. The molecule has 1 rings (SSSR count). The van der Waals surface area contributed by atoms with Crippen LogP contribution in [0.15, 0.2) is 0 Å². The highest BCUT2D eigenvalue weighted by atomic mass is 16.4. The van der Waals surface area contributed by atoms with Crippen molar-refractivity contribution >= 4 is 11.9 Å². The average molecular weight is 200 g/mol. The molecule has 0 aromatic rings. The molecule has 1 saturated heterocycles. The Morgan fingerprint density at radius 2 is 2.36 bits per heavy atom. The summed E-state index contributed by atoms with van der Waals surface area (Å²) in [6.07, 6.45) is 1.28. The molecule has 0 aromatic carbocycles. The number of nitrogens with zero attached hydrogens (tertiary/aromatic N) is 1. The second-order valence-corrected chi connectivity index (χ2v) is 3.89. The van der Waals surface area contributed by atoms with Gasteiger partial charge in [-0.2, -0.15) is 0 Å². The van der Waals surface area contributed by atoms with Crippen LogP contribution in [0.2, 0.25) is 0 Å². The van der Waals surface area contributed by atoms with Crippen LogP contribution < -0.4 is 5.43 Å². The van der Waals surface area contributed by atoms with Gasteiger partial charge in [-0.05, 0) is 13.3 Å². The Balaban J connectivity index is 2.49. The zero-order chi connectivity index (χ0) is 10.8. The van der Waals surface area contributed by atoms with Crippen molar-refractivity contribution in [3.05, 3.63) is 0 Å². The Morgan fingerprint density at radius 3 is 2.79 bits per heavy atom. The molecule has 1 fully saturated rings. The van der Waals surface area contributed by atoms with Crippen molar-refractivity contribution in [3.63, 3.8) is 0 Å². The first-order chi connectivity index (χ1) is 6.47. The van der Waals surface area contributed by atoms with E-state index in [9.17, 15) is 9.59 Å². The van der Waals surface area contributed by atoms with Gasteiger partial charge in [0.25, 0.3) is 0 Å². The average Bonchev–Trinajstić information content (AvgIpc) is 2.39. The largest absolute Gasteiger partial charge is 0.481 e. The monoisotopic (exact) mass is 200 g/mol. The van der Waals surface area contributed by atoms with Crippen molar-refractivity contribution in [1.29, 1.82) is 0 Å². The first-order valence-electron chi connectivity index (χ1n) is 4.77. The molecule has 0 saturated carbocycles. The highest BCUT2D eigenvalue weighted by Crippen LogP contribution is 2.22. The number of carbonyl (C=O) groups is 2. The number of carboxylic acids is 1. The van der Waals surface area contributed by atoms with Crippen LogP contribution >= 0.6 is 0 Å². The first kappa shape index (κ1) is 11.0. The highest BCUT2D eigenvalue weighted by Gasteiger charge is 2.37. The van der Waals surface area contributed by atoms with Gasteiger partial charge >= 0.3 is 5.97 Å². The van der Waals surface area contributed by atoms with E-state index in [4.69, 9.17) is 5.11 Å². The zero-order valence-electron chi connectivity index (χ0n) is 8.54. The van der Waals surface area contributed by atoms with Crippen molar-refractivity contribution in [2.24, 2.45) is 0 Å². The molecule has 14 heavy (non-hydrogen) atoms. The summed E-state index contributed by atoms with van der Waals surface area (Å²) in [6.45, 7) is 4.20. The summed E-state index contributed by atoms with van der Waals surface area (Å²) in [5, 5.41) is 9.90. The van der Waals surface area contributed by atoms with Crippen LogP contribution in [0.4, 0.5) is 0 Å². The standard InChI is InChI=1S/C9H16N2O3/c1-3-9(2)6-7(12)11(10-9)5-4-8(13)14/h10H,3-6H2,1-2H3,(H,13,14). The molecule has 5 heteroatoms. The van der Waals surface area contributed by atoms with Gasteiger partial charge in [-0.1, -0.05) is 6.92 Å². The number of rotatable bonds is 4. The maximum atomic E-state index is 11.4. The maximum absolute atomic E-state index is 11.4. The second kappa shape index (κ2) is 3.96. The predicted molar refractivity (Wildman–Crippen MR) is 50.4 cm³/mol. The Labute approximate surface area is 83.1 Å². The molecule has 0 spiro atoms. The van der Waals surface area contributed by atoms with Gasteiger partial charge in [-0.15, -0.1) is 0 Å². The SMILES string of the molecule is CCC1(C)CC(=O)N(CCC(=O)O)N1. The number of aliphatic carboxylic acids is 1. The summed E-state index contributed by atoms with van der Waals surface area (Å²) in [5.41, 5.74) is 2.84. The van der Waals surface area contributed by atoms with Gasteiger partial charge in [0.05, 0.1) is 6.42 Å². The topological polar surface area (TPSA) is 69.6 Å². The summed E-state index contributed by atoms with van der Waals surface area (Å²) < 4.78 is 0. The summed E-state index contributed by atoms with van der Waals surface area (Å²) >= 11 is 0. The Morgan fingerprint density at radius 1 is 1.71 bits per heavy atom. The smallest absolute Gasteiger partial charge is 0.305 e. The maximum Gasteiger partial charge on any atom is 0.305 e. The third kappa shape index (κ3) is 2.45. The molecule has 0 bridgehead atoms. The Kier molecular flexibility index (Phi) is 3.10. The van der Waals surface area contributed by atoms with Crippen molar-refractivity contribution < 1.29 is 14.7 Å². The van der Waals surface area contributed by atoms with Crippen LogP contribution in [0, 0.1) is 0 Å². The van der Waals surface area contributed by atoms with E-state index < -0.39 is 5.97 Å². The third-order valence-electron chi connectivity index (χ3n) is 2.58. The minimum absolute atomic E-state index is 0.0153. The first-order valence-corrected chi connectivity index (χ1v) is 4.77. The fourth-order valence-corrected chi connectivity index (χ4v) is 1.45. The molecule has 1 heterocycles. The van der Waals surface area contributed by atoms with E-state index >= 15 is 0 Å². The molecule has 1 aliphatic rings. The van der Waals surface area contributed by atoms with Crippen molar-refractivity contribution in [1.82, 2.24) is 10.4 Å². The van der Waals surface area contributed by atoms with Crippen molar-refractivity contribution in [2.45, 2.75) is 38.6 Å². The van der Waals surface area contributed by atoms with Crippen LogP contribution in [0.1, 0.15) is 33.1 Å². The number of hydrazine groups is 1. The molecule has 2 N–H and O–H groups in total. The summed E-state index contributed by atoms with van der Waals surface area (Å²) in [5.74, 6) is -0.902. The second-order valence-electron chi connectivity index (χ2n) is 3.89. The highest BCUT2D eigenvalue weighted by molar-refractivity contribution is 5.79. The summed E-state index contributed by atoms with van der Waals surface area (Å²) in [7, 11) is 0. The van der Waals surface area contributed by atoms with E-state index in [1.165, 1.54) is 5.01 Å². The van der Waals surface area contributed by atoms with E-state index in [0.29, 0.717) is 6.42 Å².